The van der Waals surface area contributed by atoms with Crippen LogP contribution in [0.2, 0.25) is 0 Å². The Bertz CT molecular complexity index is 870. The van der Waals surface area contributed by atoms with Gasteiger partial charge >= 0.3 is 0 Å². The van der Waals surface area contributed by atoms with E-state index in [0.29, 0.717) is 5.95 Å². The van der Waals surface area contributed by atoms with E-state index in [1.807, 2.05) is 31.2 Å². The summed E-state index contributed by atoms with van der Waals surface area (Å²) >= 11 is 0. The molecule has 0 bridgehead atoms. The number of pyridine rings is 1. The Morgan fingerprint density at radius 1 is 1.17 bits per heavy atom. The normalized spacial score (nSPS) is 10.4. The molecule has 24 heavy (non-hydrogen) atoms. The van der Waals surface area contributed by atoms with Gasteiger partial charge in [0.05, 0.1) is 5.69 Å². The molecule has 1 amide bonds. The maximum Gasteiger partial charge on any atom is 0.248 e. The molecule has 4 N–H and O–H groups in total. The van der Waals surface area contributed by atoms with E-state index in [9.17, 15) is 4.79 Å². The van der Waals surface area contributed by atoms with Crippen LogP contribution in [0.15, 0.2) is 42.6 Å². The summed E-state index contributed by atoms with van der Waals surface area (Å²) in [5, 5.41) is 10.1. The van der Waals surface area contributed by atoms with Gasteiger partial charge in [0.25, 0.3) is 0 Å². The summed E-state index contributed by atoms with van der Waals surface area (Å²) in [5.74, 6) is 0.545. The Balaban J connectivity index is 1.79. The third-order valence-corrected chi connectivity index (χ3v) is 3.22. The quantitative estimate of drug-likeness (QED) is 0.679. The fraction of sp³-hybridized carbons (Fsp3) is 0.125. The van der Waals surface area contributed by atoms with Crippen molar-refractivity contribution in [3.8, 4) is 5.69 Å². The lowest BCUT2D eigenvalue weighted by Gasteiger charge is -2.05. The van der Waals surface area contributed by atoms with Crippen molar-refractivity contribution < 1.29 is 4.79 Å². The molecule has 0 radical (unpaired) electrons. The van der Waals surface area contributed by atoms with E-state index in [1.54, 1.807) is 23.0 Å². The second-order valence-corrected chi connectivity index (χ2v) is 5.24. The van der Waals surface area contributed by atoms with Crippen molar-refractivity contribution in [3.63, 3.8) is 0 Å². The zero-order chi connectivity index (χ0) is 17.1. The molecule has 0 atom stereocenters. The number of nitrogens with zero attached hydrogens (tertiary/aromatic N) is 4. The summed E-state index contributed by atoms with van der Waals surface area (Å²) < 4.78 is 1.54. The predicted molar refractivity (Wildman–Crippen MR) is 92.3 cm³/mol. The number of amides is 1. The van der Waals surface area contributed by atoms with Crippen LogP contribution in [0.4, 0.5) is 23.3 Å². The monoisotopic (exact) mass is 323 g/mol. The Morgan fingerprint density at radius 3 is 2.54 bits per heavy atom. The first-order valence-corrected chi connectivity index (χ1v) is 7.31. The standard InChI is InChI=1S/C16H17N7O/c1-10-9-14(7-8-18-10)23-15(17)21-16(22-23)20-13-5-3-12(4-6-13)19-11(2)24/h3-9H,1-2H3,(H,19,24)(H3,17,20,21,22). The number of nitrogens with one attached hydrogen (secondary N) is 2. The first-order valence-electron chi connectivity index (χ1n) is 7.31. The third-order valence-electron chi connectivity index (χ3n) is 3.22. The van der Waals surface area contributed by atoms with Crippen molar-refractivity contribution in [2.75, 3.05) is 16.4 Å². The Kier molecular flexibility index (Phi) is 4.11. The summed E-state index contributed by atoms with van der Waals surface area (Å²) in [7, 11) is 0. The first-order chi connectivity index (χ1) is 11.5. The van der Waals surface area contributed by atoms with Gasteiger partial charge in [-0.3, -0.25) is 9.78 Å². The minimum atomic E-state index is -0.114. The van der Waals surface area contributed by atoms with Gasteiger partial charge in [0.15, 0.2) is 0 Å². The minimum Gasteiger partial charge on any atom is -0.368 e. The maximum absolute atomic E-state index is 11.0. The summed E-state index contributed by atoms with van der Waals surface area (Å²) in [5.41, 5.74) is 9.10. The number of aryl methyl sites for hydroxylation is 1. The van der Waals surface area contributed by atoms with Crippen LogP contribution < -0.4 is 16.4 Å². The van der Waals surface area contributed by atoms with Crippen molar-refractivity contribution in [1.82, 2.24) is 19.7 Å². The largest absolute Gasteiger partial charge is 0.368 e. The molecule has 3 aromatic rings. The number of hydrogen-bond donors (Lipinski definition) is 3. The van der Waals surface area contributed by atoms with E-state index >= 15 is 0 Å². The first kappa shape index (κ1) is 15.5. The van der Waals surface area contributed by atoms with Gasteiger partial charge in [0.2, 0.25) is 17.8 Å². The Labute approximate surface area is 138 Å². The third kappa shape index (κ3) is 3.49. The average Bonchev–Trinajstić information content (AvgIpc) is 2.89. The van der Waals surface area contributed by atoms with Crippen LogP contribution in [0.5, 0.6) is 0 Å². The number of rotatable bonds is 4. The lowest BCUT2D eigenvalue weighted by molar-refractivity contribution is -0.114. The highest BCUT2D eigenvalue weighted by Crippen LogP contribution is 2.19. The van der Waals surface area contributed by atoms with Gasteiger partial charge in [-0.25, -0.2) is 0 Å². The lowest BCUT2D eigenvalue weighted by atomic mass is 10.3. The zero-order valence-corrected chi connectivity index (χ0v) is 13.3. The van der Waals surface area contributed by atoms with Crippen LogP contribution in [-0.4, -0.2) is 25.7 Å². The van der Waals surface area contributed by atoms with Gasteiger partial charge in [-0.05, 0) is 43.3 Å². The van der Waals surface area contributed by atoms with Crippen LogP contribution in [0, 0.1) is 6.92 Å². The van der Waals surface area contributed by atoms with E-state index < -0.39 is 0 Å². The molecule has 8 heteroatoms. The molecule has 1 aromatic carbocycles. The maximum atomic E-state index is 11.0. The molecule has 0 spiro atoms. The highest BCUT2D eigenvalue weighted by atomic mass is 16.1. The van der Waals surface area contributed by atoms with Crippen LogP contribution in [-0.2, 0) is 4.79 Å². The molecular formula is C16H17N7O. The topological polar surface area (TPSA) is 111 Å². The lowest BCUT2D eigenvalue weighted by Crippen LogP contribution is -2.05. The molecule has 8 nitrogen and oxygen atoms in total. The molecule has 122 valence electrons. The number of aromatic nitrogens is 4. The number of carbonyl (C=O) groups excluding carboxylic acids is 1. The molecule has 3 rings (SSSR count). The summed E-state index contributed by atoms with van der Waals surface area (Å²) in [4.78, 5) is 19.4. The highest BCUT2D eigenvalue weighted by Gasteiger charge is 2.09. The van der Waals surface area contributed by atoms with Gasteiger partial charge in [0, 0.05) is 30.2 Å². The van der Waals surface area contributed by atoms with Gasteiger partial charge in [0.1, 0.15) is 0 Å². The van der Waals surface area contributed by atoms with E-state index in [-0.39, 0.29) is 11.9 Å². The molecule has 0 saturated heterocycles. The smallest absolute Gasteiger partial charge is 0.248 e. The van der Waals surface area contributed by atoms with Crippen molar-refractivity contribution in [2.24, 2.45) is 0 Å². The van der Waals surface area contributed by atoms with Crippen molar-refractivity contribution in [1.29, 1.82) is 0 Å². The minimum absolute atomic E-state index is 0.114. The van der Waals surface area contributed by atoms with Crippen LogP contribution in [0.1, 0.15) is 12.6 Å². The number of carbonyl (C=O) groups is 1. The second-order valence-electron chi connectivity index (χ2n) is 5.24. The van der Waals surface area contributed by atoms with E-state index in [4.69, 9.17) is 5.73 Å². The fourth-order valence-electron chi connectivity index (χ4n) is 2.20. The highest BCUT2D eigenvalue weighted by molar-refractivity contribution is 5.88. The summed E-state index contributed by atoms with van der Waals surface area (Å²) in [6.07, 6.45) is 1.69. The van der Waals surface area contributed by atoms with E-state index in [1.165, 1.54) is 6.92 Å². The van der Waals surface area contributed by atoms with Gasteiger partial charge in [-0.15, -0.1) is 5.10 Å². The Hall–Kier alpha value is -3.42. The molecule has 0 aliphatic rings. The van der Waals surface area contributed by atoms with E-state index in [0.717, 1.165) is 22.8 Å². The number of nitrogen functional groups attached to an aromatic ring is 1. The second kappa shape index (κ2) is 6.37. The molecule has 2 aromatic heterocycles. The molecule has 0 saturated carbocycles. The molecule has 0 aliphatic carbocycles. The molecule has 2 heterocycles. The zero-order valence-electron chi connectivity index (χ0n) is 13.3. The summed E-state index contributed by atoms with van der Waals surface area (Å²) in [6.45, 7) is 3.36. The van der Waals surface area contributed by atoms with Gasteiger partial charge in [-0.1, -0.05) is 0 Å². The van der Waals surface area contributed by atoms with Gasteiger partial charge in [-0.2, -0.15) is 9.67 Å². The Morgan fingerprint density at radius 2 is 1.88 bits per heavy atom. The number of hydrogen-bond acceptors (Lipinski definition) is 6. The number of anilines is 4. The van der Waals surface area contributed by atoms with Crippen molar-refractivity contribution in [2.45, 2.75) is 13.8 Å². The van der Waals surface area contributed by atoms with Crippen molar-refractivity contribution in [3.05, 3.63) is 48.3 Å². The van der Waals surface area contributed by atoms with Crippen LogP contribution in [0.3, 0.4) is 0 Å². The van der Waals surface area contributed by atoms with Gasteiger partial charge < -0.3 is 16.4 Å². The van der Waals surface area contributed by atoms with Crippen molar-refractivity contribution >= 4 is 29.2 Å². The number of benzene rings is 1. The molecule has 0 unspecified atom stereocenters. The fourth-order valence-corrected chi connectivity index (χ4v) is 2.20. The van der Waals surface area contributed by atoms with E-state index in [2.05, 4.69) is 25.7 Å². The SMILES string of the molecule is CC(=O)Nc1ccc(Nc2nc(N)n(-c3ccnc(C)c3)n2)cc1. The van der Waals surface area contributed by atoms with Crippen LogP contribution in [0.25, 0.3) is 5.69 Å². The molecular weight excluding hydrogens is 306 g/mol. The predicted octanol–water partition coefficient (Wildman–Crippen LogP) is 2.25. The molecule has 0 aliphatic heterocycles. The number of nitrogens with two attached hydrogens (primary N) is 1. The average molecular weight is 323 g/mol. The van der Waals surface area contributed by atoms with Crippen LogP contribution >= 0.6 is 0 Å². The summed E-state index contributed by atoms with van der Waals surface area (Å²) in [6, 6.07) is 10.9. The molecule has 0 fully saturated rings.